The summed E-state index contributed by atoms with van der Waals surface area (Å²) >= 11 is 0. The van der Waals surface area contributed by atoms with Gasteiger partial charge in [0.2, 0.25) is 21.8 Å². The Morgan fingerprint density at radius 3 is 2.65 bits per heavy atom. The molecule has 1 aromatic carbocycles. The van der Waals surface area contributed by atoms with Crippen molar-refractivity contribution in [1.82, 2.24) is 9.62 Å². The van der Waals surface area contributed by atoms with Crippen LogP contribution >= 0.6 is 0 Å². The molecule has 2 rings (SSSR count). The van der Waals surface area contributed by atoms with Crippen LogP contribution in [0.2, 0.25) is 0 Å². The highest BCUT2D eigenvalue weighted by molar-refractivity contribution is 7.89. The predicted octanol–water partition coefficient (Wildman–Crippen LogP) is -0.406. The summed E-state index contributed by atoms with van der Waals surface area (Å²) in [5.74, 6) is -1.37. The topological polar surface area (TPSA) is 107 Å². The van der Waals surface area contributed by atoms with Gasteiger partial charge in [-0.25, -0.2) is 8.42 Å². The Kier molecular flexibility index (Phi) is 3.57. The Hall–Kier alpha value is -2.24. The second-order valence-electron chi connectivity index (χ2n) is 4.25. The van der Waals surface area contributed by atoms with Crippen LogP contribution in [0.25, 0.3) is 0 Å². The molecule has 1 aliphatic heterocycles. The lowest BCUT2D eigenvalue weighted by Gasteiger charge is -2.30. The van der Waals surface area contributed by atoms with Crippen molar-refractivity contribution in [3.63, 3.8) is 0 Å². The van der Waals surface area contributed by atoms with E-state index in [4.69, 9.17) is 5.26 Å². The van der Waals surface area contributed by atoms with Crippen LogP contribution in [0.1, 0.15) is 12.5 Å². The molecule has 1 atom stereocenters. The Bertz CT molecular complexity index is 720. The quantitative estimate of drug-likeness (QED) is 0.746. The van der Waals surface area contributed by atoms with Crippen molar-refractivity contribution >= 4 is 21.8 Å². The first-order valence-corrected chi connectivity index (χ1v) is 7.16. The number of imide groups is 1. The van der Waals surface area contributed by atoms with Gasteiger partial charge in [0.1, 0.15) is 12.1 Å². The highest BCUT2D eigenvalue weighted by Crippen LogP contribution is 2.22. The van der Waals surface area contributed by atoms with Crippen LogP contribution in [-0.2, 0) is 19.6 Å². The van der Waals surface area contributed by atoms with Gasteiger partial charge in [-0.2, -0.15) is 9.57 Å². The zero-order chi connectivity index (χ0) is 14.9. The highest BCUT2D eigenvalue weighted by Gasteiger charge is 2.39. The Morgan fingerprint density at radius 2 is 2.00 bits per heavy atom. The zero-order valence-electron chi connectivity index (χ0n) is 10.5. The molecule has 1 N–H and O–H groups in total. The van der Waals surface area contributed by atoms with E-state index in [1.807, 2.05) is 0 Å². The van der Waals surface area contributed by atoms with Crippen molar-refractivity contribution in [3.05, 3.63) is 29.8 Å². The maximum atomic E-state index is 12.5. The minimum absolute atomic E-state index is 0.0295. The predicted molar refractivity (Wildman–Crippen MR) is 67.7 cm³/mol. The fourth-order valence-electron chi connectivity index (χ4n) is 1.89. The van der Waals surface area contributed by atoms with E-state index in [0.29, 0.717) is 0 Å². The summed E-state index contributed by atoms with van der Waals surface area (Å²) in [6.45, 7) is 0.934. The first kappa shape index (κ1) is 14.2. The van der Waals surface area contributed by atoms with Gasteiger partial charge in [0, 0.05) is 0 Å². The average molecular weight is 293 g/mol. The Balaban J connectivity index is 2.52. The van der Waals surface area contributed by atoms with Crippen LogP contribution in [0.15, 0.2) is 29.2 Å². The molecule has 0 spiro atoms. The van der Waals surface area contributed by atoms with Crippen LogP contribution in [0.3, 0.4) is 0 Å². The molecule has 1 heterocycles. The molecular weight excluding hydrogens is 282 g/mol. The number of nitriles is 1. The number of carbonyl (C=O) groups is 2. The second kappa shape index (κ2) is 5.03. The summed E-state index contributed by atoms with van der Waals surface area (Å²) in [6.07, 6.45) is 0. The fraction of sp³-hybridized carbons (Fsp3) is 0.250. The summed E-state index contributed by atoms with van der Waals surface area (Å²) in [4.78, 5) is 22.7. The molecule has 1 unspecified atom stereocenters. The number of hydrogen-bond donors (Lipinski definition) is 1. The third-order valence-electron chi connectivity index (χ3n) is 2.97. The molecule has 0 radical (unpaired) electrons. The van der Waals surface area contributed by atoms with Crippen molar-refractivity contribution in [2.75, 3.05) is 6.54 Å². The summed E-state index contributed by atoms with van der Waals surface area (Å²) in [7, 11) is -4.09. The lowest BCUT2D eigenvalue weighted by atomic mass is 10.2. The SMILES string of the molecule is CC1C(=O)NC(=O)CN1S(=O)(=O)c1ccccc1C#N. The van der Waals surface area contributed by atoms with Gasteiger partial charge in [0.05, 0.1) is 17.0 Å². The number of benzene rings is 1. The first-order valence-electron chi connectivity index (χ1n) is 5.72. The smallest absolute Gasteiger partial charge is 0.245 e. The van der Waals surface area contributed by atoms with E-state index >= 15 is 0 Å². The summed E-state index contributed by atoms with van der Waals surface area (Å²) in [5, 5.41) is 11.0. The van der Waals surface area contributed by atoms with E-state index in [9.17, 15) is 18.0 Å². The highest BCUT2D eigenvalue weighted by atomic mass is 32.2. The Morgan fingerprint density at radius 1 is 1.35 bits per heavy atom. The zero-order valence-corrected chi connectivity index (χ0v) is 11.3. The largest absolute Gasteiger partial charge is 0.294 e. The monoisotopic (exact) mass is 293 g/mol. The lowest BCUT2D eigenvalue weighted by molar-refractivity contribution is -0.136. The van der Waals surface area contributed by atoms with Crippen molar-refractivity contribution < 1.29 is 18.0 Å². The third-order valence-corrected chi connectivity index (χ3v) is 4.94. The molecule has 0 aromatic heterocycles. The second-order valence-corrected chi connectivity index (χ2v) is 6.11. The van der Waals surface area contributed by atoms with E-state index in [1.165, 1.54) is 31.2 Å². The number of hydrogen-bond acceptors (Lipinski definition) is 5. The Labute approximate surface area is 115 Å². The molecule has 0 bridgehead atoms. The normalized spacial score (nSPS) is 20.3. The molecule has 104 valence electrons. The summed E-state index contributed by atoms with van der Waals surface area (Å²) in [6, 6.07) is 6.43. The van der Waals surface area contributed by atoms with Gasteiger partial charge in [-0.3, -0.25) is 14.9 Å². The van der Waals surface area contributed by atoms with E-state index in [2.05, 4.69) is 5.32 Å². The van der Waals surface area contributed by atoms with E-state index < -0.39 is 34.4 Å². The van der Waals surface area contributed by atoms with Gasteiger partial charge >= 0.3 is 0 Å². The van der Waals surface area contributed by atoms with Crippen molar-refractivity contribution in [2.24, 2.45) is 0 Å². The molecule has 20 heavy (non-hydrogen) atoms. The van der Waals surface area contributed by atoms with Gasteiger partial charge in [-0.15, -0.1) is 0 Å². The first-order chi connectivity index (χ1) is 9.37. The average Bonchev–Trinajstić information content (AvgIpc) is 2.42. The van der Waals surface area contributed by atoms with Crippen LogP contribution in [-0.4, -0.2) is 37.1 Å². The molecule has 1 aliphatic rings. The number of amides is 2. The van der Waals surface area contributed by atoms with Gasteiger partial charge in [-0.05, 0) is 19.1 Å². The van der Waals surface area contributed by atoms with Crippen molar-refractivity contribution in [2.45, 2.75) is 17.9 Å². The van der Waals surface area contributed by atoms with Gasteiger partial charge in [0.15, 0.2) is 0 Å². The molecule has 2 amide bonds. The fourth-order valence-corrected chi connectivity index (χ4v) is 3.59. The van der Waals surface area contributed by atoms with Gasteiger partial charge in [0.25, 0.3) is 0 Å². The van der Waals surface area contributed by atoms with Crippen LogP contribution in [0, 0.1) is 11.3 Å². The summed E-state index contributed by atoms with van der Waals surface area (Å²) in [5.41, 5.74) is -0.0295. The third kappa shape index (κ3) is 2.29. The van der Waals surface area contributed by atoms with Crippen molar-refractivity contribution in [1.29, 1.82) is 5.26 Å². The number of sulfonamides is 1. The maximum Gasteiger partial charge on any atom is 0.245 e. The minimum Gasteiger partial charge on any atom is -0.294 e. The molecule has 8 heteroatoms. The minimum atomic E-state index is -4.09. The van der Waals surface area contributed by atoms with Gasteiger partial charge in [-0.1, -0.05) is 12.1 Å². The number of nitrogens with one attached hydrogen (secondary N) is 1. The lowest BCUT2D eigenvalue weighted by Crippen LogP contribution is -2.58. The molecule has 0 saturated carbocycles. The van der Waals surface area contributed by atoms with Crippen molar-refractivity contribution in [3.8, 4) is 6.07 Å². The van der Waals surface area contributed by atoms with Crippen LogP contribution in [0.4, 0.5) is 0 Å². The summed E-state index contributed by atoms with van der Waals surface area (Å²) < 4.78 is 25.8. The molecule has 1 aromatic rings. The van der Waals surface area contributed by atoms with Gasteiger partial charge < -0.3 is 0 Å². The molecule has 7 nitrogen and oxygen atoms in total. The van der Waals surface area contributed by atoms with E-state index in [-0.39, 0.29) is 10.5 Å². The maximum absolute atomic E-state index is 12.5. The van der Waals surface area contributed by atoms with E-state index in [0.717, 1.165) is 4.31 Å². The van der Waals surface area contributed by atoms with E-state index in [1.54, 1.807) is 6.07 Å². The number of carbonyl (C=O) groups excluding carboxylic acids is 2. The number of piperazine rings is 1. The molecule has 1 saturated heterocycles. The van der Waals surface area contributed by atoms with Crippen LogP contribution in [0.5, 0.6) is 0 Å². The molecule has 0 aliphatic carbocycles. The molecular formula is C12H11N3O4S. The number of nitrogens with zero attached hydrogens (tertiary/aromatic N) is 2. The molecule has 1 fully saturated rings. The standard InChI is InChI=1S/C12H11N3O4S/c1-8-12(17)14-11(16)7-15(8)20(18,19)10-5-3-2-4-9(10)6-13/h2-5,8H,7H2,1H3,(H,14,16,17). The van der Waals surface area contributed by atoms with Crippen LogP contribution < -0.4 is 5.32 Å². The number of rotatable bonds is 2.